The molecule has 0 saturated heterocycles. The van der Waals surface area contributed by atoms with Crippen LogP contribution in [0.25, 0.3) is 5.69 Å². The fraction of sp³-hybridized carbons (Fsp3) is 0.222. The summed E-state index contributed by atoms with van der Waals surface area (Å²) in [5, 5.41) is 13.6. The third-order valence-corrected chi connectivity index (χ3v) is 6.74. The number of amides is 2. The van der Waals surface area contributed by atoms with Gasteiger partial charge in [-0.3, -0.25) is 4.57 Å². The topological polar surface area (TPSA) is 71.8 Å². The van der Waals surface area contributed by atoms with Crippen molar-refractivity contribution in [3.05, 3.63) is 101 Å². The first-order chi connectivity index (χ1) is 18.8. The van der Waals surface area contributed by atoms with Gasteiger partial charge in [-0.05, 0) is 49.7 Å². The van der Waals surface area contributed by atoms with E-state index < -0.39 is 41.2 Å². The van der Waals surface area contributed by atoms with Crippen LogP contribution in [-0.4, -0.2) is 20.8 Å². The summed E-state index contributed by atoms with van der Waals surface area (Å²) in [6.45, 7) is 3.50. The van der Waals surface area contributed by atoms with Gasteiger partial charge in [0.15, 0.2) is 11.0 Å². The summed E-state index contributed by atoms with van der Waals surface area (Å²) in [5.74, 6) is 0.902. The highest BCUT2D eigenvalue weighted by molar-refractivity contribution is 7.98. The van der Waals surface area contributed by atoms with Gasteiger partial charge in [-0.2, -0.15) is 26.3 Å². The van der Waals surface area contributed by atoms with E-state index in [-0.39, 0.29) is 6.07 Å². The van der Waals surface area contributed by atoms with Gasteiger partial charge in [-0.15, -0.1) is 10.2 Å². The van der Waals surface area contributed by atoms with Gasteiger partial charge in [0.1, 0.15) is 0 Å². The predicted octanol–water partition coefficient (Wildman–Crippen LogP) is 7.79. The van der Waals surface area contributed by atoms with Crippen LogP contribution in [0.15, 0.2) is 78.0 Å². The molecule has 4 aromatic rings. The molecule has 40 heavy (non-hydrogen) atoms. The van der Waals surface area contributed by atoms with E-state index in [1.165, 1.54) is 11.8 Å². The van der Waals surface area contributed by atoms with Gasteiger partial charge >= 0.3 is 18.4 Å². The summed E-state index contributed by atoms with van der Waals surface area (Å²) in [7, 11) is 0. The lowest BCUT2D eigenvalue weighted by atomic mass is 10.1. The van der Waals surface area contributed by atoms with Gasteiger partial charge in [-0.1, -0.05) is 59.8 Å². The Labute approximate surface area is 229 Å². The van der Waals surface area contributed by atoms with Gasteiger partial charge in [0.25, 0.3) is 0 Å². The molecule has 4 rings (SSSR count). The van der Waals surface area contributed by atoms with Crippen LogP contribution >= 0.6 is 11.8 Å². The summed E-state index contributed by atoms with van der Waals surface area (Å²) in [6, 6.07) is 16.2. The van der Waals surface area contributed by atoms with Crippen molar-refractivity contribution in [3.8, 4) is 5.69 Å². The minimum Gasteiger partial charge on any atom is -0.328 e. The minimum atomic E-state index is -5.04. The Balaban J connectivity index is 1.58. The second-order valence-corrected chi connectivity index (χ2v) is 9.84. The number of anilines is 1. The van der Waals surface area contributed by atoms with E-state index in [2.05, 4.69) is 20.8 Å². The summed E-state index contributed by atoms with van der Waals surface area (Å²) in [6.07, 6.45) is -10.1. The molecule has 1 unspecified atom stereocenters. The maximum atomic E-state index is 13.2. The molecule has 1 atom stereocenters. The Hall–Kier alpha value is -4.00. The van der Waals surface area contributed by atoms with Crippen molar-refractivity contribution in [1.29, 1.82) is 0 Å². The minimum absolute atomic E-state index is 0.00952. The number of alkyl halides is 6. The number of carbonyl (C=O) groups excluding carboxylic acids is 1. The van der Waals surface area contributed by atoms with E-state index in [9.17, 15) is 31.1 Å². The van der Waals surface area contributed by atoms with Crippen LogP contribution in [0.1, 0.15) is 41.0 Å². The first kappa shape index (κ1) is 29.0. The monoisotopic (exact) mass is 579 g/mol. The third kappa shape index (κ3) is 7.14. The number of hydrogen-bond acceptors (Lipinski definition) is 4. The van der Waals surface area contributed by atoms with E-state index in [0.29, 0.717) is 34.6 Å². The Kier molecular flexibility index (Phi) is 8.43. The fourth-order valence-corrected chi connectivity index (χ4v) is 4.68. The van der Waals surface area contributed by atoms with Crippen molar-refractivity contribution < 1.29 is 31.1 Å². The number of nitrogens with zero attached hydrogens (tertiary/aromatic N) is 3. The van der Waals surface area contributed by atoms with Gasteiger partial charge in [0.2, 0.25) is 0 Å². The zero-order chi connectivity index (χ0) is 29.1. The Morgan fingerprint density at radius 3 is 2.08 bits per heavy atom. The lowest BCUT2D eigenvalue weighted by molar-refractivity contribution is -0.143. The molecular formula is C27H23F6N5OS. The first-order valence-corrected chi connectivity index (χ1v) is 12.9. The molecule has 1 aromatic heterocycles. The maximum Gasteiger partial charge on any atom is 0.416 e. The highest BCUT2D eigenvalue weighted by Crippen LogP contribution is 2.37. The lowest BCUT2D eigenvalue weighted by Gasteiger charge is -2.18. The number of rotatable bonds is 7. The number of benzene rings is 3. The van der Waals surface area contributed by atoms with Crippen LogP contribution in [0.5, 0.6) is 0 Å². The average Bonchev–Trinajstić information content (AvgIpc) is 3.31. The van der Waals surface area contributed by atoms with E-state index in [0.717, 1.165) is 11.1 Å². The van der Waals surface area contributed by atoms with Crippen LogP contribution in [0, 0.1) is 6.92 Å². The van der Waals surface area contributed by atoms with Crippen LogP contribution in [0.4, 0.5) is 36.8 Å². The zero-order valence-electron chi connectivity index (χ0n) is 21.1. The Morgan fingerprint density at radius 1 is 0.900 bits per heavy atom. The number of nitrogens with one attached hydrogen (secondary N) is 2. The van der Waals surface area contributed by atoms with Crippen molar-refractivity contribution in [3.63, 3.8) is 0 Å². The first-order valence-electron chi connectivity index (χ1n) is 11.9. The lowest BCUT2D eigenvalue weighted by Crippen LogP contribution is -2.32. The number of carbonyl (C=O) groups is 1. The fourth-order valence-electron chi connectivity index (χ4n) is 3.77. The van der Waals surface area contributed by atoms with Gasteiger partial charge in [0, 0.05) is 17.1 Å². The molecule has 0 spiro atoms. The number of aromatic nitrogens is 3. The van der Waals surface area contributed by atoms with Crippen molar-refractivity contribution in [2.45, 2.75) is 43.2 Å². The molecule has 0 aliphatic carbocycles. The van der Waals surface area contributed by atoms with Gasteiger partial charge in [-0.25, -0.2) is 4.79 Å². The van der Waals surface area contributed by atoms with Crippen molar-refractivity contribution in [1.82, 2.24) is 20.1 Å². The number of urea groups is 1. The molecule has 2 N–H and O–H groups in total. The smallest absolute Gasteiger partial charge is 0.328 e. The summed E-state index contributed by atoms with van der Waals surface area (Å²) in [5.41, 5.74) is -0.956. The highest BCUT2D eigenvalue weighted by Gasteiger charge is 2.37. The van der Waals surface area contributed by atoms with Crippen LogP contribution in [0.2, 0.25) is 0 Å². The second kappa shape index (κ2) is 11.6. The third-order valence-electron chi connectivity index (χ3n) is 5.74. The largest absolute Gasteiger partial charge is 0.416 e. The molecule has 0 bridgehead atoms. The maximum absolute atomic E-state index is 13.2. The second-order valence-electron chi connectivity index (χ2n) is 8.90. The number of aryl methyl sites for hydroxylation is 1. The predicted molar refractivity (Wildman–Crippen MR) is 139 cm³/mol. The van der Waals surface area contributed by atoms with E-state index >= 15 is 0 Å². The molecule has 2 amide bonds. The molecular weight excluding hydrogens is 556 g/mol. The molecule has 0 aliphatic heterocycles. The number of hydrogen-bond donors (Lipinski definition) is 2. The van der Waals surface area contributed by atoms with Crippen molar-refractivity contribution >= 4 is 23.5 Å². The molecule has 210 valence electrons. The molecule has 0 radical (unpaired) electrons. The molecule has 0 aliphatic rings. The van der Waals surface area contributed by atoms with Crippen LogP contribution < -0.4 is 10.6 Å². The highest BCUT2D eigenvalue weighted by atomic mass is 32.2. The Bertz CT molecular complexity index is 1440. The number of halogens is 6. The summed E-state index contributed by atoms with van der Waals surface area (Å²) in [4.78, 5) is 12.7. The zero-order valence-corrected chi connectivity index (χ0v) is 22.0. The molecule has 6 nitrogen and oxygen atoms in total. The van der Waals surface area contributed by atoms with Crippen LogP contribution in [0.3, 0.4) is 0 Å². The van der Waals surface area contributed by atoms with Crippen LogP contribution in [-0.2, 0) is 18.1 Å². The molecule has 13 heteroatoms. The summed E-state index contributed by atoms with van der Waals surface area (Å²) >= 11 is 1.41. The van der Waals surface area contributed by atoms with E-state index in [1.54, 1.807) is 11.5 Å². The SMILES string of the molecule is Cc1ccc(-n2c(SCc3ccccc3)nnc2C(C)NC(=O)Nc2cc(C(F)(F)F)cc(C(F)(F)F)c2)cc1. The molecule has 0 saturated carbocycles. The average molecular weight is 580 g/mol. The van der Waals surface area contributed by atoms with Crippen molar-refractivity contribution in [2.24, 2.45) is 0 Å². The molecule has 1 heterocycles. The van der Waals surface area contributed by atoms with Crippen molar-refractivity contribution in [2.75, 3.05) is 5.32 Å². The van der Waals surface area contributed by atoms with Gasteiger partial charge in [0.05, 0.1) is 17.2 Å². The quantitative estimate of drug-likeness (QED) is 0.173. The normalized spacial score (nSPS) is 12.7. The van der Waals surface area contributed by atoms with Gasteiger partial charge < -0.3 is 10.6 Å². The standard InChI is InChI=1S/C27H23F6N5OS/c1-16-8-10-22(11-9-16)38-23(36-37-25(38)40-15-18-6-4-3-5-7-18)17(2)34-24(39)35-21-13-19(26(28,29)30)12-20(14-21)27(31,32)33/h3-14,17H,15H2,1-2H3,(H2,34,35,39). The molecule has 0 fully saturated rings. The molecule has 3 aromatic carbocycles. The Morgan fingerprint density at radius 2 is 1.50 bits per heavy atom. The van der Waals surface area contributed by atoms with E-state index in [4.69, 9.17) is 0 Å². The van der Waals surface area contributed by atoms with E-state index in [1.807, 2.05) is 61.5 Å². The summed E-state index contributed by atoms with van der Waals surface area (Å²) < 4.78 is 80.9. The number of thioether (sulfide) groups is 1.